The summed E-state index contributed by atoms with van der Waals surface area (Å²) >= 11 is 12.2. The van der Waals surface area contributed by atoms with Crippen molar-refractivity contribution in [3.05, 3.63) is 82.3 Å². The van der Waals surface area contributed by atoms with Gasteiger partial charge in [0.1, 0.15) is 11.5 Å². The first-order valence-corrected chi connectivity index (χ1v) is 12.3. The van der Waals surface area contributed by atoms with Crippen molar-refractivity contribution in [3.8, 4) is 11.5 Å². The molecule has 3 aromatic carbocycles. The highest BCUT2D eigenvalue weighted by atomic mass is 35.5. The molecule has 10 heteroatoms. The van der Waals surface area contributed by atoms with E-state index in [9.17, 15) is 13.2 Å². The van der Waals surface area contributed by atoms with Gasteiger partial charge in [0, 0.05) is 10.7 Å². The molecule has 7 nitrogen and oxygen atoms in total. The van der Waals surface area contributed by atoms with Crippen molar-refractivity contribution in [1.29, 1.82) is 0 Å². The summed E-state index contributed by atoms with van der Waals surface area (Å²) in [4.78, 5) is 12.2. The Hall–Kier alpha value is -2.94. The van der Waals surface area contributed by atoms with Gasteiger partial charge in [-0.2, -0.15) is 0 Å². The number of halogens is 2. The van der Waals surface area contributed by atoms with Gasteiger partial charge in [0.2, 0.25) is 10.0 Å². The molecule has 0 spiro atoms. The van der Waals surface area contributed by atoms with Crippen molar-refractivity contribution in [2.75, 3.05) is 29.6 Å². The molecule has 3 aromatic rings. The van der Waals surface area contributed by atoms with E-state index in [4.69, 9.17) is 32.7 Å². The summed E-state index contributed by atoms with van der Waals surface area (Å²) in [6, 6.07) is 18.3. The van der Waals surface area contributed by atoms with E-state index in [2.05, 4.69) is 5.32 Å². The second kappa shape index (κ2) is 10.8. The average molecular weight is 509 g/mol. The first kappa shape index (κ1) is 24.7. The number of hydrogen-bond acceptors (Lipinski definition) is 5. The van der Waals surface area contributed by atoms with E-state index in [-0.39, 0.29) is 19.1 Å². The molecule has 0 saturated heterocycles. The zero-order valence-electron chi connectivity index (χ0n) is 17.9. The number of carbonyl (C=O) groups is 1. The number of rotatable bonds is 9. The molecule has 33 heavy (non-hydrogen) atoms. The highest BCUT2D eigenvalue weighted by Gasteiger charge is 2.19. The van der Waals surface area contributed by atoms with Crippen LogP contribution in [0.4, 0.5) is 11.4 Å². The number of sulfonamides is 1. The molecule has 3 rings (SSSR count). The molecule has 0 saturated carbocycles. The molecule has 0 radical (unpaired) electrons. The number of anilines is 2. The fourth-order valence-corrected chi connectivity index (χ4v) is 4.31. The fraction of sp³-hybridized carbons (Fsp3) is 0.174. The third kappa shape index (κ3) is 6.77. The van der Waals surface area contributed by atoms with Gasteiger partial charge < -0.3 is 14.8 Å². The molecular formula is C23H22Cl2N2O5S. The van der Waals surface area contributed by atoms with E-state index < -0.39 is 10.0 Å². The standard InChI is InChI=1S/C23H22Cl2N2O5S/c1-31-22-12-7-17(13-21(22)25)26-23(28)15-32-19-10-8-18(9-11-19)27(33(2,29)30)14-16-5-3-4-6-20(16)24/h3-13H,14-15H2,1-2H3,(H,26,28). The van der Waals surface area contributed by atoms with E-state index in [1.54, 1.807) is 66.7 Å². The van der Waals surface area contributed by atoms with Crippen molar-refractivity contribution in [3.63, 3.8) is 0 Å². The molecule has 0 bridgehead atoms. The molecule has 0 aliphatic rings. The summed E-state index contributed by atoms with van der Waals surface area (Å²) in [5.74, 6) is 0.535. The predicted molar refractivity (Wildman–Crippen MR) is 131 cm³/mol. The quantitative estimate of drug-likeness (QED) is 0.440. The maximum Gasteiger partial charge on any atom is 0.262 e. The Morgan fingerprint density at radius 1 is 1.00 bits per heavy atom. The lowest BCUT2D eigenvalue weighted by atomic mass is 10.2. The average Bonchev–Trinajstić information content (AvgIpc) is 2.77. The van der Waals surface area contributed by atoms with Gasteiger partial charge in [0.05, 0.1) is 30.6 Å². The van der Waals surface area contributed by atoms with E-state index in [0.29, 0.717) is 38.5 Å². The van der Waals surface area contributed by atoms with Crippen molar-refractivity contribution >= 4 is 50.5 Å². The number of amides is 1. The number of carbonyl (C=O) groups excluding carboxylic acids is 1. The molecule has 1 N–H and O–H groups in total. The highest BCUT2D eigenvalue weighted by Crippen LogP contribution is 2.28. The summed E-state index contributed by atoms with van der Waals surface area (Å²) in [7, 11) is -2.06. The van der Waals surface area contributed by atoms with Gasteiger partial charge in [0.25, 0.3) is 5.91 Å². The van der Waals surface area contributed by atoms with Crippen LogP contribution in [0.5, 0.6) is 11.5 Å². The smallest absolute Gasteiger partial charge is 0.262 e. The summed E-state index contributed by atoms with van der Waals surface area (Å²) in [5.41, 5.74) is 1.63. The Kier molecular flexibility index (Phi) is 8.07. The summed E-state index contributed by atoms with van der Waals surface area (Å²) < 4.78 is 36.6. The Bertz CT molecular complexity index is 1230. The van der Waals surface area contributed by atoms with Crippen LogP contribution in [0.25, 0.3) is 0 Å². The predicted octanol–water partition coefficient (Wildman–Crippen LogP) is 4.99. The van der Waals surface area contributed by atoms with Crippen LogP contribution in [0, 0.1) is 0 Å². The first-order chi connectivity index (χ1) is 15.7. The summed E-state index contributed by atoms with van der Waals surface area (Å²) in [6.45, 7) is -0.149. The van der Waals surface area contributed by atoms with Crippen LogP contribution in [-0.4, -0.2) is 34.3 Å². The van der Waals surface area contributed by atoms with Gasteiger partial charge in [0.15, 0.2) is 6.61 Å². The fourth-order valence-electron chi connectivity index (χ4n) is 2.98. The molecule has 1 amide bonds. The lowest BCUT2D eigenvalue weighted by Gasteiger charge is -2.23. The van der Waals surface area contributed by atoms with Crippen LogP contribution in [-0.2, 0) is 21.4 Å². The van der Waals surface area contributed by atoms with E-state index >= 15 is 0 Å². The van der Waals surface area contributed by atoms with E-state index in [0.717, 1.165) is 6.26 Å². The highest BCUT2D eigenvalue weighted by molar-refractivity contribution is 7.92. The Morgan fingerprint density at radius 2 is 1.70 bits per heavy atom. The zero-order chi connectivity index (χ0) is 24.0. The van der Waals surface area contributed by atoms with Gasteiger partial charge in [-0.25, -0.2) is 8.42 Å². The lowest BCUT2D eigenvalue weighted by Crippen LogP contribution is -2.29. The Labute approximate surface area is 202 Å². The van der Waals surface area contributed by atoms with Gasteiger partial charge >= 0.3 is 0 Å². The third-order valence-corrected chi connectivity index (χ3v) is 6.41. The maximum absolute atomic E-state index is 12.4. The summed E-state index contributed by atoms with van der Waals surface area (Å²) in [5, 5.41) is 3.54. The maximum atomic E-state index is 12.4. The zero-order valence-corrected chi connectivity index (χ0v) is 20.2. The van der Waals surface area contributed by atoms with Gasteiger partial charge in [-0.05, 0) is 54.1 Å². The van der Waals surface area contributed by atoms with Crippen LogP contribution in [0.15, 0.2) is 66.7 Å². The number of nitrogens with zero attached hydrogens (tertiary/aromatic N) is 1. The second-order valence-corrected chi connectivity index (χ2v) is 9.76. The molecule has 174 valence electrons. The van der Waals surface area contributed by atoms with Crippen molar-refractivity contribution in [1.82, 2.24) is 0 Å². The van der Waals surface area contributed by atoms with E-state index in [1.165, 1.54) is 11.4 Å². The minimum atomic E-state index is -3.56. The Balaban J connectivity index is 1.64. The number of nitrogens with one attached hydrogen (secondary N) is 1. The molecule has 0 unspecified atom stereocenters. The lowest BCUT2D eigenvalue weighted by molar-refractivity contribution is -0.118. The number of hydrogen-bond donors (Lipinski definition) is 1. The van der Waals surface area contributed by atoms with Crippen LogP contribution < -0.4 is 19.1 Å². The number of ether oxygens (including phenoxy) is 2. The normalized spacial score (nSPS) is 11.0. The minimum absolute atomic E-state index is 0.0888. The van der Waals surface area contributed by atoms with Crippen molar-refractivity contribution in [2.24, 2.45) is 0 Å². The van der Waals surface area contributed by atoms with Crippen molar-refractivity contribution in [2.45, 2.75) is 6.54 Å². The molecule has 0 fully saturated rings. The number of benzene rings is 3. The second-order valence-electron chi connectivity index (χ2n) is 7.04. The molecular weight excluding hydrogens is 487 g/mol. The largest absolute Gasteiger partial charge is 0.495 e. The summed E-state index contributed by atoms with van der Waals surface area (Å²) in [6.07, 6.45) is 1.13. The monoisotopic (exact) mass is 508 g/mol. The van der Waals surface area contributed by atoms with Crippen LogP contribution in [0.3, 0.4) is 0 Å². The van der Waals surface area contributed by atoms with Crippen LogP contribution >= 0.6 is 23.2 Å². The Morgan fingerprint density at radius 3 is 2.30 bits per heavy atom. The van der Waals surface area contributed by atoms with Gasteiger partial charge in [-0.3, -0.25) is 9.10 Å². The van der Waals surface area contributed by atoms with Crippen LogP contribution in [0.2, 0.25) is 10.0 Å². The van der Waals surface area contributed by atoms with Crippen LogP contribution in [0.1, 0.15) is 5.56 Å². The third-order valence-electron chi connectivity index (χ3n) is 4.60. The molecule has 0 aliphatic heterocycles. The van der Waals surface area contributed by atoms with Gasteiger partial charge in [-0.15, -0.1) is 0 Å². The van der Waals surface area contributed by atoms with E-state index in [1.807, 2.05) is 0 Å². The first-order valence-electron chi connectivity index (χ1n) is 9.75. The molecule has 0 aliphatic carbocycles. The molecule has 0 aromatic heterocycles. The van der Waals surface area contributed by atoms with Crippen molar-refractivity contribution < 1.29 is 22.7 Å². The minimum Gasteiger partial charge on any atom is -0.495 e. The SMILES string of the molecule is COc1ccc(NC(=O)COc2ccc(N(Cc3ccccc3Cl)S(C)(=O)=O)cc2)cc1Cl. The molecule has 0 heterocycles. The van der Waals surface area contributed by atoms with Gasteiger partial charge in [-0.1, -0.05) is 41.4 Å². The molecule has 0 atom stereocenters. The number of methoxy groups -OCH3 is 1. The topological polar surface area (TPSA) is 84.9 Å².